The number of ether oxygens (including phenoxy) is 3. The molecule has 4 nitrogen and oxygen atoms in total. The number of methoxy groups -OCH3 is 2. The number of hydrogen-bond acceptors (Lipinski definition) is 6. The molecule has 0 radical (unpaired) electrons. The van der Waals surface area contributed by atoms with Gasteiger partial charge < -0.3 is 19.9 Å². The zero-order valence-electron chi connectivity index (χ0n) is 15.8. The summed E-state index contributed by atoms with van der Waals surface area (Å²) in [5, 5.41) is 0. The van der Waals surface area contributed by atoms with E-state index in [1.807, 2.05) is 35.7 Å². The summed E-state index contributed by atoms with van der Waals surface area (Å²) in [5.74, 6) is 3.59. The predicted molar refractivity (Wildman–Crippen MR) is 110 cm³/mol. The highest BCUT2D eigenvalue weighted by Crippen LogP contribution is 2.47. The summed E-state index contributed by atoms with van der Waals surface area (Å²) in [6, 6.07) is 1.99. The van der Waals surface area contributed by atoms with Crippen molar-refractivity contribution < 1.29 is 14.2 Å². The van der Waals surface area contributed by atoms with Crippen LogP contribution >= 0.6 is 23.5 Å². The van der Waals surface area contributed by atoms with E-state index in [4.69, 9.17) is 19.9 Å². The number of thioether (sulfide) groups is 2. The van der Waals surface area contributed by atoms with Gasteiger partial charge in [-0.1, -0.05) is 26.7 Å². The summed E-state index contributed by atoms with van der Waals surface area (Å²) in [7, 11) is 3.29. The van der Waals surface area contributed by atoms with Crippen LogP contribution < -0.4 is 15.2 Å². The minimum Gasteiger partial charge on any atom is -0.493 e. The summed E-state index contributed by atoms with van der Waals surface area (Å²) >= 11 is 3.68. The fourth-order valence-electron chi connectivity index (χ4n) is 2.17. The molecular formula is C19H31NO3S2. The van der Waals surface area contributed by atoms with E-state index in [9.17, 15) is 0 Å². The van der Waals surface area contributed by atoms with E-state index in [0.717, 1.165) is 34.1 Å². The minimum absolute atomic E-state index is 0.197. The Balaban J connectivity index is 3.36. The van der Waals surface area contributed by atoms with Crippen LogP contribution in [0.2, 0.25) is 0 Å². The van der Waals surface area contributed by atoms with Crippen LogP contribution in [-0.4, -0.2) is 32.5 Å². The fourth-order valence-corrected chi connectivity index (χ4v) is 4.85. The lowest BCUT2D eigenvalue weighted by molar-refractivity contribution is 0.0467. The first kappa shape index (κ1) is 22.1. The molecule has 1 aromatic rings. The van der Waals surface area contributed by atoms with Gasteiger partial charge in [0.1, 0.15) is 0 Å². The third kappa shape index (κ3) is 7.04. The molecule has 0 heterocycles. The van der Waals surface area contributed by atoms with Gasteiger partial charge in [0.05, 0.1) is 12.0 Å². The molecule has 0 unspecified atom stereocenters. The van der Waals surface area contributed by atoms with E-state index in [2.05, 4.69) is 13.8 Å². The third-order valence-corrected chi connectivity index (χ3v) is 6.01. The second-order valence-corrected chi connectivity index (χ2v) is 7.68. The zero-order valence-corrected chi connectivity index (χ0v) is 17.4. The Bertz CT molecular complexity index is 536. The highest BCUT2D eigenvalue weighted by Gasteiger charge is 2.20. The largest absolute Gasteiger partial charge is 0.493 e. The second kappa shape index (κ2) is 13.3. The van der Waals surface area contributed by atoms with Crippen molar-refractivity contribution in [3.8, 4) is 11.5 Å². The van der Waals surface area contributed by atoms with E-state index < -0.39 is 0 Å². The second-order valence-electron chi connectivity index (χ2n) is 5.47. The average molecular weight is 386 g/mol. The van der Waals surface area contributed by atoms with Crippen LogP contribution in [0, 0.1) is 0 Å². The molecule has 1 aromatic carbocycles. The van der Waals surface area contributed by atoms with Gasteiger partial charge in [-0.25, -0.2) is 0 Å². The molecule has 0 aliphatic rings. The molecule has 0 bridgehead atoms. The van der Waals surface area contributed by atoms with Crippen LogP contribution in [0.1, 0.15) is 45.1 Å². The van der Waals surface area contributed by atoms with Crippen LogP contribution in [0.5, 0.6) is 11.5 Å². The summed E-state index contributed by atoms with van der Waals surface area (Å²) in [5.41, 5.74) is 6.75. The maximum Gasteiger partial charge on any atom is 0.188 e. The lowest BCUT2D eigenvalue weighted by Gasteiger charge is -2.20. The average Bonchev–Trinajstić information content (AvgIpc) is 2.62. The summed E-state index contributed by atoms with van der Waals surface area (Å²) in [6.45, 7) is 4.61. The standard InChI is InChI=1S/C19H31NO3S2/c1-5-7-11-24-18-15(9-10-20)13-16(22-4)17(23-14-21-3)19(18)25-12-8-6-2/h9-10,13H,5-8,11-12,14,20H2,1-4H3/b10-9+. The van der Waals surface area contributed by atoms with Crippen molar-refractivity contribution in [3.05, 3.63) is 17.8 Å². The number of nitrogens with two attached hydrogens (primary N) is 1. The predicted octanol–water partition coefficient (Wildman–Crippen LogP) is 5.39. The van der Waals surface area contributed by atoms with E-state index in [1.165, 1.54) is 24.2 Å². The van der Waals surface area contributed by atoms with Gasteiger partial charge in [0.25, 0.3) is 0 Å². The molecule has 0 saturated heterocycles. The van der Waals surface area contributed by atoms with Gasteiger partial charge in [-0.2, -0.15) is 0 Å². The van der Waals surface area contributed by atoms with Crippen LogP contribution in [0.4, 0.5) is 0 Å². The van der Waals surface area contributed by atoms with Gasteiger partial charge in [0.15, 0.2) is 18.3 Å². The molecular weight excluding hydrogens is 354 g/mol. The van der Waals surface area contributed by atoms with Gasteiger partial charge in [-0.3, -0.25) is 0 Å². The number of rotatable bonds is 13. The molecule has 6 heteroatoms. The molecule has 0 aliphatic carbocycles. The van der Waals surface area contributed by atoms with Crippen molar-refractivity contribution in [2.75, 3.05) is 32.5 Å². The number of unbranched alkanes of at least 4 members (excludes halogenated alkanes) is 2. The van der Waals surface area contributed by atoms with E-state index in [-0.39, 0.29) is 6.79 Å². The fraction of sp³-hybridized carbons (Fsp3) is 0.579. The molecule has 0 saturated carbocycles. The lowest BCUT2D eigenvalue weighted by atomic mass is 10.2. The van der Waals surface area contributed by atoms with Gasteiger partial charge in [-0.05, 0) is 48.3 Å². The monoisotopic (exact) mass is 385 g/mol. The van der Waals surface area contributed by atoms with Crippen molar-refractivity contribution >= 4 is 29.6 Å². The molecule has 0 aromatic heterocycles. The van der Waals surface area contributed by atoms with Crippen LogP contribution in [0.15, 0.2) is 22.1 Å². The van der Waals surface area contributed by atoms with Crippen molar-refractivity contribution in [2.24, 2.45) is 5.73 Å². The number of benzene rings is 1. The molecule has 0 fully saturated rings. The maximum atomic E-state index is 5.88. The Morgan fingerprint density at radius 1 is 1.04 bits per heavy atom. The minimum atomic E-state index is 0.197. The summed E-state index contributed by atoms with van der Waals surface area (Å²) in [4.78, 5) is 2.34. The first-order chi connectivity index (χ1) is 12.2. The number of hydrogen-bond donors (Lipinski definition) is 1. The Labute approximate surface area is 160 Å². The topological polar surface area (TPSA) is 53.7 Å². The molecule has 142 valence electrons. The maximum absolute atomic E-state index is 5.88. The van der Waals surface area contributed by atoms with Crippen LogP contribution in [0.25, 0.3) is 6.08 Å². The van der Waals surface area contributed by atoms with Gasteiger partial charge in [0.2, 0.25) is 0 Å². The van der Waals surface area contributed by atoms with E-state index in [1.54, 1.807) is 20.4 Å². The lowest BCUT2D eigenvalue weighted by Crippen LogP contribution is -2.04. The molecule has 1 rings (SSSR count). The Hall–Kier alpha value is -0.980. The molecule has 0 amide bonds. The normalized spacial score (nSPS) is 11.2. The van der Waals surface area contributed by atoms with Crippen molar-refractivity contribution in [2.45, 2.75) is 49.3 Å². The van der Waals surface area contributed by atoms with Gasteiger partial charge >= 0.3 is 0 Å². The van der Waals surface area contributed by atoms with Crippen LogP contribution in [0.3, 0.4) is 0 Å². The Morgan fingerprint density at radius 2 is 1.68 bits per heavy atom. The van der Waals surface area contributed by atoms with Crippen molar-refractivity contribution in [1.29, 1.82) is 0 Å². The molecule has 2 N–H and O–H groups in total. The van der Waals surface area contributed by atoms with Crippen LogP contribution in [-0.2, 0) is 4.74 Å². The van der Waals surface area contributed by atoms with E-state index >= 15 is 0 Å². The quantitative estimate of drug-likeness (QED) is 0.279. The highest BCUT2D eigenvalue weighted by molar-refractivity contribution is 8.02. The summed E-state index contributed by atoms with van der Waals surface area (Å²) in [6.07, 6.45) is 8.19. The van der Waals surface area contributed by atoms with Crippen molar-refractivity contribution in [3.63, 3.8) is 0 Å². The zero-order chi connectivity index (χ0) is 18.5. The smallest absolute Gasteiger partial charge is 0.188 e. The first-order valence-electron chi connectivity index (χ1n) is 8.73. The molecule has 0 spiro atoms. The van der Waals surface area contributed by atoms with Gasteiger partial charge in [0, 0.05) is 12.0 Å². The molecule has 0 aliphatic heterocycles. The third-order valence-electron chi connectivity index (χ3n) is 3.49. The Morgan fingerprint density at radius 3 is 2.20 bits per heavy atom. The first-order valence-corrected chi connectivity index (χ1v) is 10.7. The molecule has 0 atom stereocenters. The summed E-state index contributed by atoms with van der Waals surface area (Å²) < 4.78 is 16.6. The van der Waals surface area contributed by atoms with E-state index in [0.29, 0.717) is 5.75 Å². The van der Waals surface area contributed by atoms with Gasteiger partial charge in [-0.15, -0.1) is 23.5 Å². The molecule has 25 heavy (non-hydrogen) atoms. The highest BCUT2D eigenvalue weighted by atomic mass is 32.2. The Kier molecular flexibility index (Phi) is 11.7. The SMILES string of the molecule is CCCCSc1c(/C=C/N)cc(OC)c(OCOC)c1SCCCC. The van der Waals surface area contributed by atoms with Crippen molar-refractivity contribution in [1.82, 2.24) is 0 Å².